The first-order valence-corrected chi connectivity index (χ1v) is 19.9. The summed E-state index contributed by atoms with van der Waals surface area (Å²) < 4.78 is 0. The molecule has 0 aliphatic carbocycles. The lowest BCUT2D eigenvalue weighted by Crippen LogP contribution is -2.55. The Bertz CT molecular complexity index is 589. The minimum absolute atomic E-state index is 0.394. The average molecular weight is 637 g/mol. The summed E-state index contributed by atoms with van der Waals surface area (Å²) >= 11 is 0. The molecule has 45 heavy (non-hydrogen) atoms. The average Bonchev–Trinajstić information content (AvgIpc) is 3.05. The lowest BCUT2D eigenvalue weighted by Gasteiger charge is -2.44. The van der Waals surface area contributed by atoms with Gasteiger partial charge in [-0.2, -0.15) is 0 Å². The Morgan fingerprint density at radius 3 is 0.867 bits per heavy atom. The van der Waals surface area contributed by atoms with Crippen LogP contribution in [0.3, 0.4) is 0 Å². The van der Waals surface area contributed by atoms with Crippen LogP contribution in [0.4, 0.5) is 0 Å². The second-order valence-electron chi connectivity index (χ2n) is 14.2. The summed E-state index contributed by atoms with van der Waals surface area (Å²) in [6.45, 7) is 3.35. The maximum absolute atomic E-state index is 11.7. The highest BCUT2D eigenvalue weighted by Crippen LogP contribution is 2.39. The molecular formula is C41H80O4. The van der Waals surface area contributed by atoms with Crippen molar-refractivity contribution in [1.29, 1.82) is 0 Å². The van der Waals surface area contributed by atoms with Gasteiger partial charge < -0.3 is 20.4 Å². The maximum atomic E-state index is 11.7. The first-order valence-electron chi connectivity index (χ1n) is 19.9. The van der Waals surface area contributed by atoms with Crippen LogP contribution in [0.2, 0.25) is 0 Å². The number of hydrogen-bond donors (Lipinski definition) is 4. The fourth-order valence-corrected chi connectivity index (χ4v) is 6.58. The zero-order valence-electron chi connectivity index (χ0n) is 30.4. The summed E-state index contributed by atoms with van der Waals surface area (Å²) in [5.41, 5.74) is -2.47. The molecule has 0 aliphatic rings. The molecule has 0 rings (SSSR count). The minimum Gasteiger partial charge on any atom is -0.395 e. The predicted molar refractivity (Wildman–Crippen MR) is 197 cm³/mol. The molecule has 0 aliphatic heterocycles. The molecule has 0 radical (unpaired) electrons. The Balaban J connectivity index is 4.08. The highest BCUT2D eigenvalue weighted by Gasteiger charge is 2.48. The van der Waals surface area contributed by atoms with E-state index in [9.17, 15) is 20.4 Å². The van der Waals surface area contributed by atoms with Gasteiger partial charge in [-0.1, -0.05) is 167 Å². The molecule has 0 aromatic heterocycles. The molecule has 0 heterocycles. The van der Waals surface area contributed by atoms with Crippen molar-refractivity contribution in [3.8, 4) is 0 Å². The van der Waals surface area contributed by atoms with Gasteiger partial charge in [0.25, 0.3) is 0 Å². The van der Waals surface area contributed by atoms with Crippen molar-refractivity contribution in [2.45, 2.75) is 212 Å². The SMILES string of the molecule is CCCCCCCC/C=C\CCCCCCCCC(O)(CCCCCCCC/C=C\CCCCCCCC)C(CO)(CO)CO. The van der Waals surface area contributed by atoms with E-state index in [0.29, 0.717) is 12.8 Å². The highest BCUT2D eigenvalue weighted by molar-refractivity contribution is 4.98. The lowest BCUT2D eigenvalue weighted by atomic mass is 9.68. The normalized spacial score (nSPS) is 12.8. The summed E-state index contributed by atoms with van der Waals surface area (Å²) in [7, 11) is 0. The number of hydrogen-bond acceptors (Lipinski definition) is 4. The smallest absolute Gasteiger partial charge is 0.0770 e. The first-order chi connectivity index (χ1) is 22.1. The monoisotopic (exact) mass is 637 g/mol. The third kappa shape index (κ3) is 24.2. The third-order valence-electron chi connectivity index (χ3n) is 10.1. The Morgan fingerprint density at radius 2 is 0.600 bits per heavy atom. The first kappa shape index (κ1) is 44.3. The van der Waals surface area contributed by atoms with Crippen LogP contribution in [-0.2, 0) is 0 Å². The van der Waals surface area contributed by atoms with Gasteiger partial charge in [0.15, 0.2) is 0 Å². The van der Waals surface area contributed by atoms with Crippen LogP contribution in [0.15, 0.2) is 24.3 Å². The molecule has 4 nitrogen and oxygen atoms in total. The van der Waals surface area contributed by atoms with Gasteiger partial charge in [-0.3, -0.25) is 0 Å². The maximum Gasteiger partial charge on any atom is 0.0770 e. The van der Waals surface area contributed by atoms with E-state index >= 15 is 0 Å². The fraction of sp³-hybridized carbons (Fsp3) is 0.902. The van der Waals surface area contributed by atoms with Crippen molar-refractivity contribution in [3.63, 3.8) is 0 Å². The van der Waals surface area contributed by atoms with Crippen LogP contribution >= 0.6 is 0 Å². The van der Waals surface area contributed by atoms with Crippen molar-refractivity contribution in [2.75, 3.05) is 19.8 Å². The predicted octanol–water partition coefficient (Wildman–Crippen LogP) is 11.5. The van der Waals surface area contributed by atoms with Crippen molar-refractivity contribution in [2.24, 2.45) is 5.41 Å². The zero-order chi connectivity index (χ0) is 33.2. The van der Waals surface area contributed by atoms with Gasteiger partial charge in [0.1, 0.15) is 0 Å². The molecule has 4 heteroatoms. The lowest BCUT2D eigenvalue weighted by molar-refractivity contribution is -0.162. The Kier molecular flexibility index (Phi) is 32.7. The van der Waals surface area contributed by atoms with E-state index in [1.165, 1.54) is 141 Å². The van der Waals surface area contributed by atoms with Gasteiger partial charge >= 0.3 is 0 Å². The summed E-state index contributed by atoms with van der Waals surface area (Å²) in [4.78, 5) is 0. The second kappa shape index (κ2) is 33.2. The number of unbranched alkanes of at least 4 members (excludes halogenated alkanes) is 24. The molecule has 0 bridgehead atoms. The molecule has 0 aromatic rings. The number of aliphatic hydroxyl groups excluding tert-OH is 3. The van der Waals surface area contributed by atoms with Crippen LogP contribution in [-0.4, -0.2) is 45.8 Å². The van der Waals surface area contributed by atoms with Crippen LogP contribution < -0.4 is 0 Å². The molecule has 268 valence electrons. The number of rotatable bonds is 36. The standard InChI is InChI=1S/C41H80O4/c1-3-5-7-9-11-13-15-17-19-21-23-25-27-29-31-33-35-41(45,40(37-42,38-43)39-44)36-34-32-30-28-26-24-22-20-18-16-14-12-10-8-6-4-2/h17-20,42-45H,3-16,21-39H2,1-2H3/b19-17-,20-18-. The van der Waals surface area contributed by atoms with Gasteiger partial charge in [-0.25, -0.2) is 0 Å². The zero-order valence-corrected chi connectivity index (χ0v) is 30.4. The summed E-state index contributed by atoms with van der Waals surface area (Å²) in [5, 5.41) is 41.9. The van der Waals surface area contributed by atoms with Gasteiger partial charge in [0, 0.05) is 0 Å². The highest BCUT2D eigenvalue weighted by atomic mass is 16.3. The van der Waals surface area contributed by atoms with Crippen LogP contribution in [0, 0.1) is 5.41 Å². The van der Waals surface area contributed by atoms with E-state index in [0.717, 1.165) is 38.5 Å². The van der Waals surface area contributed by atoms with Crippen molar-refractivity contribution in [1.82, 2.24) is 0 Å². The molecule has 0 fully saturated rings. The molecule has 0 atom stereocenters. The fourth-order valence-electron chi connectivity index (χ4n) is 6.58. The molecule has 0 spiro atoms. The van der Waals surface area contributed by atoms with E-state index < -0.39 is 30.8 Å². The van der Waals surface area contributed by atoms with Crippen LogP contribution in [0.25, 0.3) is 0 Å². The van der Waals surface area contributed by atoms with Crippen molar-refractivity contribution >= 4 is 0 Å². The second-order valence-corrected chi connectivity index (χ2v) is 14.2. The van der Waals surface area contributed by atoms with Crippen molar-refractivity contribution in [3.05, 3.63) is 24.3 Å². The molecule has 4 N–H and O–H groups in total. The van der Waals surface area contributed by atoms with Gasteiger partial charge in [0.2, 0.25) is 0 Å². The van der Waals surface area contributed by atoms with Gasteiger partial charge in [0.05, 0.1) is 30.8 Å². The summed E-state index contributed by atoms with van der Waals surface area (Å²) in [5.74, 6) is 0. The molecule has 0 amide bonds. The van der Waals surface area contributed by atoms with Gasteiger partial charge in [-0.05, 0) is 64.2 Å². The van der Waals surface area contributed by atoms with E-state index in [-0.39, 0.29) is 0 Å². The molecule has 0 unspecified atom stereocenters. The van der Waals surface area contributed by atoms with E-state index in [1.54, 1.807) is 0 Å². The Morgan fingerprint density at radius 1 is 0.356 bits per heavy atom. The number of aliphatic hydroxyl groups is 4. The van der Waals surface area contributed by atoms with Gasteiger partial charge in [-0.15, -0.1) is 0 Å². The Labute approximate surface area is 281 Å². The minimum atomic E-state index is -1.24. The van der Waals surface area contributed by atoms with Crippen LogP contribution in [0.1, 0.15) is 206 Å². The third-order valence-corrected chi connectivity index (χ3v) is 10.1. The molecule has 0 saturated heterocycles. The molecular weight excluding hydrogens is 556 g/mol. The van der Waals surface area contributed by atoms with E-state index in [2.05, 4.69) is 38.2 Å². The molecule has 0 aromatic carbocycles. The van der Waals surface area contributed by atoms with E-state index in [4.69, 9.17) is 0 Å². The Hall–Kier alpha value is -0.680. The summed E-state index contributed by atoms with van der Waals surface area (Å²) in [6.07, 6.45) is 45.2. The molecule has 0 saturated carbocycles. The van der Waals surface area contributed by atoms with Crippen LogP contribution in [0.5, 0.6) is 0 Å². The van der Waals surface area contributed by atoms with E-state index in [1.807, 2.05) is 0 Å². The quantitative estimate of drug-likeness (QED) is 0.0407. The summed E-state index contributed by atoms with van der Waals surface area (Å²) in [6, 6.07) is 0. The largest absolute Gasteiger partial charge is 0.395 e. The topological polar surface area (TPSA) is 80.9 Å². The van der Waals surface area contributed by atoms with Crippen molar-refractivity contribution < 1.29 is 20.4 Å². The number of allylic oxidation sites excluding steroid dienone is 4.